The number of halogens is 1. The fourth-order valence-corrected chi connectivity index (χ4v) is 2.76. The summed E-state index contributed by atoms with van der Waals surface area (Å²) in [4.78, 5) is 35.7. The average Bonchev–Trinajstić information content (AvgIpc) is 2.62. The largest absolute Gasteiger partial charge is 0.481 e. The third kappa shape index (κ3) is 4.05. The van der Waals surface area contributed by atoms with Gasteiger partial charge < -0.3 is 20.5 Å². The minimum atomic E-state index is -1.11. The minimum absolute atomic E-state index is 0.164. The number of rotatable bonds is 5. The van der Waals surface area contributed by atoms with Crippen LogP contribution >= 0.6 is 0 Å². The second kappa shape index (κ2) is 7.45. The third-order valence-electron chi connectivity index (χ3n) is 4.14. The van der Waals surface area contributed by atoms with Crippen LogP contribution in [0.1, 0.15) is 35.3 Å². The molecule has 0 fully saturated rings. The van der Waals surface area contributed by atoms with Gasteiger partial charge in [-0.15, -0.1) is 0 Å². The van der Waals surface area contributed by atoms with E-state index in [1.807, 2.05) is 0 Å². The SMILES string of the molecule is C[C@@H]1Oc2c(cccc2C(=O)N[C@@H](CC(=O)O)c2ccc(F)cc2)NC1=O. The van der Waals surface area contributed by atoms with Crippen molar-refractivity contribution in [1.82, 2.24) is 5.32 Å². The number of ether oxygens (including phenoxy) is 1. The van der Waals surface area contributed by atoms with E-state index in [-0.39, 0.29) is 23.6 Å². The van der Waals surface area contributed by atoms with Gasteiger partial charge in [0.05, 0.1) is 23.7 Å². The van der Waals surface area contributed by atoms with E-state index in [4.69, 9.17) is 9.84 Å². The van der Waals surface area contributed by atoms with Gasteiger partial charge >= 0.3 is 5.97 Å². The van der Waals surface area contributed by atoms with Gasteiger partial charge in [0.15, 0.2) is 11.9 Å². The number of fused-ring (bicyclic) bond motifs is 1. The van der Waals surface area contributed by atoms with Crippen LogP contribution in [0.15, 0.2) is 42.5 Å². The summed E-state index contributed by atoms with van der Waals surface area (Å²) >= 11 is 0. The molecule has 0 spiro atoms. The molecule has 8 heteroatoms. The highest BCUT2D eigenvalue weighted by Gasteiger charge is 2.28. The Kier molecular flexibility index (Phi) is 5.07. The van der Waals surface area contributed by atoms with Crippen molar-refractivity contribution >= 4 is 23.5 Å². The summed E-state index contributed by atoms with van der Waals surface area (Å²) in [7, 11) is 0. The Labute approximate surface area is 154 Å². The molecule has 27 heavy (non-hydrogen) atoms. The number of carbonyl (C=O) groups is 3. The smallest absolute Gasteiger partial charge is 0.305 e. The molecular formula is C19H17FN2O5. The predicted molar refractivity (Wildman–Crippen MR) is 94.0 cm³/mol. The number of carboxylic acids is 1. The topological polar surface area (TPSA) is 105 Å². The number of anilines is 1. The molecular weight excluding hydrogens is 355 g/mol. The Hall–Kier alpha value is -3.42. The lowest BCUT2D eigenvalue weighted by molar-refractivity contribution is -0.137. The lowest BCUT2D eigenvalue weighted by Crippen LogP contribution is -2.36. The van der Waals surface area contributed by atoms with Gasteiger partial charge in [0.1, 0.15) is 5.82 Å². The summed E-state index contributed by atoms with van der Waals surface area (Å²) in [6.45, 7) is 1.55. The third-order valence-corrected chi connectivity index (χ3v) is 4.14. The normalized spacial score (nSPS) is 16.5. The molecule has 2 atom stereocenters. The Morgan fingerprint density at radius 3 is 2.63 bits per heavy atom. The first kappa shape index (κ1) is 18.4. The zero-order valence-corrected chi connectivity index (χ0v) is 14.4. The number of hydrogen-bond donors (Lipinski definition) is 3. The molecule has 0 saturated carbocycles. The fraction of sp³-hybridized carbons (Fsp3) is 0.211. The van der Waals surface area contributed by atoms with Gasteiger partial charge in [-0.25, -0.2) is 4.39 Å². The Balaban J connectivity index is 1.88. The molecule has 0 aliphatic carbocycles. The first-order chi connectivity index (χ1) is 12.8. The van der Waals surface area contributed by atoms with Crippen LogP contribution in [0.5, 0.6) is 5.75 Å². The summed E-state index contributed by atoms with van der Waals surface area (Å²) in [5.41, 5.74) is 0.985. The second-order valence-electron chi connectivity index (χ2n) is 6.11. The van der Waals surface area contributed by atoms with Crippen LogP contribution in [0.25, 0.3) is 0 Å². The maximum atomic E-state index is 13.1. The fourth-order valence-electron chi connectivity index (χ4n) is 2.76. The molecule has 140 valence electrons. The van der Waals surface area contributed by atoms with E-state index in [2.05, 4.69) is 10.6 Å². The van der Waals surface area contributed by atoms with Crippen molar-refractivity contribution in [3.63, 3.8) is 0 Å². The Bertz CT molecular complexity index is 897. The molecule has 1 aliphatic rings. The Morgan fingerprint density at radius 2 is 1.96 bits per heavy atom. The van der Waals surface area contributed by atoms with E-state index in [9.17, 15) is 18.8 Å². The summed E-state index contributed by atoms with van der Waals surface area (Å²) in [5.74, 6) is -2.25. The zero-order chi connectivity index (χ0) is 19.6. The van der Waals surface area contributed by atoms with Gasteiger partial charge in [-0.3, -0.25) is 14.4 Å². The molecule has 1 aliphatic heterocycles. The molecule has 0 unspecified atom stereocenters. The van der Waals surface area contributed by atoms with Gasteiger partial charge in [0.2, 0.25) is 0 Å². The number of hydrogen-bond acceptors (Lipinski definition) is 4. The molecule has 3 N–H and O–H groups in total. The number of carboxylic acid groups (broad SMARTS) is 1. The lowest BCUT2D eigenvalue weighted by atomic mass is 10.0. The molecule has 0 radical (unpaired) electrons. The summed E-state index contributed by atoms with van der Waals surface area (Å²) in [5, 5.41) is 14.4. The summed E-state index contributed by atoms with van der Waals surface area (Å²) in [6, 6.07) is 9.07. The first-order valence-corrected chi connectivity index (χ1v) is 8.24. The summed E-state index contributed by atoms with van der Waals surface area (Å²) in [6.07, 6.45) is -1.14. The summed E-state index contributed by atoms with van der Waals surface area (Å²) < 4.78 is 18.7. The number of aliphatic carboxylic acids is 1. The van der Waals surface area contributed by atoms with E-state index >= 15 is 0 Å². The number of carbonyl (C=O) groups excluding carboxylic acids is 2. The quantitative estimate of drug-likeness (QED) is 0.748. The maximum Gasteiger partial charge on any atom is 0.305 e. The molecule has 3 rings (SSSR count). The van der Waals surface area contributed by atoms with Gasteiger partial charge in [-0.2, -0.15) is 0 Å². The van der Waals surface area contributed by atoms with Crippen molar-refractivity contribution in [3.05, 3.63) is 59.4 Å². The van der Waals surface area contributed by atoms with Crippen LogP contribution in [0, 0.1) is 5.82 Å². The number of para-hydroxylation sites is 1. The van der Waals surface area contributed by atoms with Crippen molar-refractivity contribution < 1.29 is 28.6 Å². The van der Waals surface area contributed by atoms with E-state index in [0.29, 0.717) is 11.3 Å². The standard InChI is InChI=1S/C19H17FN2O5/c1-10-18(25)21-14-4-2-3-13(17(14)27-10)19(26)22-15(9-16(23)24)11-5-7-12(20)8-6-11/h2-8,10,15H,9H2,1H3,(H,21,25)(H,22,26)(H,23,24)/t10-,15-/m0/s1. The van der Waals surface area contributed by atoms with Crippen molar-refractivity contribution in [2.75, 3.05) is 5.32 Å². The van der Waals surface area contributed by atoms with Crippen molar-refractivity contribution in [2.24, 2.45) is 0 Å². The number of nitrogens with one attached hydrogen (secondary N) is 2. The average molecular weight is 372 g/mol. The van der Waals surface area contributed by atoms with E-state index in [0.717, 1.165) is 0 Å². The lowest BCUT2D eigenvalue weighted by Gasteiger charge is -2.25. The molecule has 0 saturated heterocycles. The van der Waals surface area contributed by atoms with Crippen LogP contribution in [-0.2, 0) is 9.59 Å². The highest BCUT2D eigenvalue weighted by atomic mass is 19.1. The maximum absolute atomic E-state index is 13.1. The van der Waals surface area contributed by atoms with Gasteiger partial charge in [0, 0.05) is 0 Å². The number of benzene rings is 2. The van der Waals surface area contributed by atoms with Crippen LogP contribution in [0.3, 0.4) is 0 Å². The van der Waals surface area contributed by atoms with E-state index in [1.54, 1.807) is 19.1 Å². The molecule has 2 aromatic carbocycles. The van der Waals surface area contributed by atoms with Crippen molar-refractivity contribution in [3.8, 4) is 5.75 Å². The van der Waals surface area contributed by atoms with Crippen LogP contribution in [-0.4, -0.2) is 29.0 Å². The highest BCUT2D eigenvalue weighted by Crippen LogP contribution is 2.33. The van der Waals surface area contributed by atoms with Crippen LogP contribution < -0.4 is 15.4 Å². The van der Waals surface area contributed by atoms with Crippen molar-refractivity contribution in [1.29, 1.82) is 0 Å². The molecule has 1 heterocycles. The van der Waals surface area contributed by atoms with Gasteiger partial charge in [0.25, 0.3) is 11.8 Å². The zero-order valence-electron chi connectivity index (χ0n) is 14.4. The molecule has 2 aromatic rings. The highest BCUT2D eigenvalue weighted by molar-refractivity contribution is 6.04. The minimum Gasteiger partial charge on any atom is -0.481 e. The number of amides is 2. The molecule has 7 nitrogen and oxygen atoms in total. The van der Waals surface area contributed by atoms with Crippen LogP contribution in [0.4, 0.5) is 10.1 Å². The molecule has 0 aromatic heterocycles. The van der Waals surface area contributed by atoms with E-state index < -0.39 is 29.8 Å². The molecule has 2 amide bonds. The second-order valence-corrected chi connectivity index (χ2v) is 6.11. The monoisotopic (exact) mass is 372 g/mol. The van der Waals surface area contributed by atoms with Gasteiger partial charge in [-0.05, 0) is 36.8 Å². The van der Waals surface area contributed by atoms with Crippen LogP contribution in [0.2, 0.25) is 0 Å². The van der Waals surface area contributed by atoms with Gasteiger partial charge in [-0.1, -0.05) is 18.2 Å². The van der Waals surface area contributed by atoms with E-state index in [1.165, 1.54) is 30.3 Å². The first-order valence-electron chi connectivity index (χ1n) is 8.24. The van der Waals surface area contributed by atoms with Crippen molar-refractivity contribution in [2.45, 2.75) is 25.5 Å². The predicted octanol–water partition coefficient (Wildman–Crippen LogP) is 2.49. The molecule has 0 bridgehead atoms. The Morgan fingerprint density at radius 1 is 1.26 bits per heavy atom.